The minimum atomic E-state index is 0.100. The first-order valence-electron chi connectivity index (χ1n) is 9.77. The molecule has 1 heterocycles. The molecule has 1 atom stereocenters. The molecule has 2 N–H and O–H groups in total. The Kier molecular flexibility index (Phi) is 6.89. The van der Waals surface area contributed by atoms with Crippen LogP contribution in [-0.4, -0.2) is 56.5 Å². The maximum Gasteiger partial charge on any atom is 0.242 e. The van der Waals surface area contributed by atoms with Gasteiger partial charge < -0.3 is 20.4 Å². The van der Waals surface area contributed by atoms with Crippen molar-refractivity contribution in [2.24, 2.45) is 4.99 Å². The summed E-state index contributed by atoms with van der Waals surface area (Å²) in [6.07, 6.45) is 0. The summed E-state index contributed by atoms with van der Waals surface area (Å²) in [4.78, 5) is 21.1. The van der Waals surface area contributed by atoms with Gasteiger partial charge in [-0.2, -0.15) is 0 Å². The Morgan fingerprint density at radius 2 is 1.61 bits per heavy atom. The number of nitrogens with zero attached hydrogens (tertiary/aromatic N) is 3. The summed E-state index contributed by atoms with van der Waals surface area (Å²) in [6.45, 7) is 5.50. The highest BCUT2D eigenvalue weighted by molar-refractivity contribution is 5.86. The van der Waals surface area contributed by atoms with Gasteiger partial charge in [0.1, 0.15) is 0 Å². The molecule has 0 aromatic heterocycles. The van der Waals surface area contributed by atoms with E-state index in [1.807, 2.05) is 41.3 Å². The molecule has 1 saturated heterocycles. The third-order valence-corrected chi connectivity index (χ3v) is 5.04. The Morgan fingerprint density at radius 1 is 1.00 bits per heavy atom. The topological polar surface area (TPSA) is 60.0 Å². The first-order valence-corrected chi connectivity index (χ1v) is 9.77. The first-order chi connectivity index (χ1) is 13.7. The number of rotatable bonds is 5. The standard InChI is InChI=1S/C22H29N5O/c1-18(19-9-5-3-6-10-19)25-22(23-2)24-17-21(28)27-15-13-26(14-16-27)20-11-7-4-8-12-20/h3-12,18H,13-17H2,1-2H3,(H2,23,24,25). The van der Waals surface area contributed by atoms with Crippen molar-refractivity contribution in [3.8, 4) is 0 Å². The van der Waals surface area contributed by atoms with Gasteiger partial charge in [0.2, 0.25) is 5.91 Å². The van der Waals surface area contributed by atoms with Gasteiger partial charge in [-0.25, -0.2) is 0 Å². The van der Waals surface area contributed by atoms with Crippen LogP contribution in [0, 0.1) is 0 Å². The Morgan fingerprint density at radius 3 is 2.21 bits per heavy atom. The minimum absolute atomic E-state index is 0.100. The van der Waals surface area contributed by atoms with E-state index in [9.17, 15) is 4.79 Å². The Hall–Kier alpha value is -3.02. The van der Waals surface area contributed by atoms with E-state index in [0.717, 1.165) is 26.2 Å². The van der Waals surface area contributed by atoms with Gasteiger partial charge in [0.15, 0.2) is 5.96 Å². The van der Waals surface area contributed by atoms with Crippen LogP contribution in [0.15, 0.2) is 65.7 Å². The number of amides is 1. The van der Waals surface area contributed by atoms with Crippen molar-refractivity contribution in [3.05, 3.63) is 66.2 Å². The van der Waals surface area contributed by atoms with Crippen molar-refractivity contribution in [3.63, 3.8) is 0 Å². The van der Waals surface area contributed by atoms with E-state index in [1.165, 1.54) is 11.3 Å². The molecular weight excluding hydrogens is 350 g/mol. The number of aliphatic imine (C=N–C) groups is 1. The molecule has 0 aliphatic carbocycles. The molecule has 3 rings (SSSR count). The molecule has 0 radical (unpaired) electrons. The lowest BCUT2D eigenvalue weighted by molar-refractivity contribution is -0.130. The number of benzene rings is 2. The predicted octanol–water partition coefficient (Wildman–Crippen LogP) is 2.26. The van der Waals surface area contributed by atoms with Crippen molar-refractivity contribution in [1.82, 2.24) is 15.5 Å². The van der Waals surface area contributed by atoms with E-state index < -0.39 is 0 Å². The van der Waals surface area contributed by atoms with Crippen LogP contribution in [-0.2, 0) is 4.79 Å². The van der Waals surface area contributed by atoms with E-state index in [2.05, 4.69) is 51.7 Å². The van der Waals surface area contributed by atoms with Crippen molar-refractivity contribution < 1.29 is 4.79 Å². The van der Waals surface area contributed by atoms with Gasteiger partial charge >= 0.3 is 0 Å². The van der Waals surface area contributed by atoms with E-state index in [4.69, 9.17) is 0 Å². The Labute approximate surface area is 167 Å². The molecule has 6 heteroatoms. The monoisotopic (exact) mass is 379 g/mol. The molecule has 1 fully saturated rings. The molecule has 1 aliphatic heterocycles. The zero-order valence-corrected chi connectivity index (χ0v) is 16.6. The quantitative estimate of drug-likeness (QED) is 0.618. The van der Waals surface area contributed by atoms with Crippen LogP contribution in [0.2, 0.25) is 0 Å². The number of para-hydroxylation sites is 1. The largest absolute Gasteiger partial charge is 0.368 e. The first kappa shape index (κ1) is 19.7. The van der Waals surface area contributed by atoms with Crippen LogP contribution in [0.4, 0.5) is 5.69 Å². The highest BCUT2D eigenvalue weighted by Crippen LogP contribution is 2.15. The average molecular weight is 380 g/mol. The van der Waals surface area contributed by atoms with Crippen LogP contribution >= 0.6 is 0 Å². The third kappa shape index (κ3) is 5.25. The summed E-state index contributed by atoms with van der Waals surface area (Å²) in [6, 6.07) is 20.6. The summed E-state index contributed by atoms with van der Waals surface area (Å²) in [5.74, 6) is 0.732. The fraction of sp³-hybridized carbons (Fsp3) is 0.364. The highest BCUT2D eigenvalue weighted by atomic mass is 16.2. The predicted molar refractivity (Wildman–Crippen MR) is 115 cm³/mol. The van der Waals surface area contributed by atoms with Crippen LogP contribution in [0.1, 0.15) is 18.5 Å². The van der Waals surface area contributed by atoms with Crippen molar-refractivity contribution in [1.29, 1.82) is 0 Å². The molecule has 0 bridgehead atoms. The number of nitrogens with one attached hydrogen (secondary N) is 2. The van der Waals surface area contributed by atoms with Crippen molar-refractivity contribution >= 4 is 17.6 Å². The van der Waals surface area contributed by atoms with Gasteiger partial charge in [0, 0.05) is 38.9 Å². The molecular formula is C22H29N5O. The summed E-state index contributed by atoms with van der Waals surface area (Å²) in [5, 5.41) is 6.47. The maximum atomic E-state index is 12.6. The average Bonchev–Trinajstić information content (AvgIpc) is 2.77. The summed E-state index contributed by atoms with van der Waals surface area (Å²) in [7, 11) is 1.72. The molecule has 2 aromatic rings. The van der Waals surface area contributed by atoms with Gasteiger partial charge in [-0.15, -0.1) is 0 Å². The van der Waals surface area contributed by atoms with Crippen LogP contribution in [0.3, 0.4) is 0 Å². The van der Waals surface area contributed by atoms with Crippen molar-refractivity contribution in [2.45, 2.75) is 13.0 Å². The molecule has 2 aromatic carbocycles. The lowest BCUT2D eigenvalue weighted by Gasteiger charge is -2.36. The van der Waals surface area contributed by atoms with E-state index in [1.54, 1.807) is 7.05 Å². The van der Waals surface area contributed by atoms with Crippen LogP contribution < -0.4 is 15.5 Å². The molecule has 1 unspecified atom stereocenters. The smallest absolute Gasteiger partial charge is 0.242 e. The SMILES string of the molecule is CN=C(NCC(=O)N1CCN(c2ccccc2)CC1)NC(C)c1ccccc1. The molecule has 1 amide bonds. The lowest BCUT2D eigenvalue weighted by atomic mass is 10.1. The molecule has 28 heavy (non-hydrogen) atoms. The van der Waals surface area contributed by atoms with Gasteiger partial charge in [0.25, 0.3) is 0 Å². The number of carbonyl (C=O) groups excluding carboxylic acids is 1. The molecule has 1 aliphatic rings. The van der Waals surface area contributed by atoms with E-state index in [0.29, 0.717) is 5.96 Å². The summed E-state index contributed by atoms with van der Waals surface area (Å²) in [5.41, 5.74) is 2.39. The second-order valence-electron chi connectivity index (χ2n) is 6.91. The fourth-order valence-corrected chi connectivity index (χ4v) is 3.35. The van der Waals surface area contributed by atoms with Crippen LogP contribution in [0.5, 0.6) is 0 Å². The minimum Gasteiger partial charge on any atom is -0.368 e. The van der Waals surface area contributed by atoms with Gasteiger partial charge in [-0.05, 0) is 24.6 Å². The Balaban J connectivity index is 1.44. The number of carbonyl (C=O) groups is 1. The second-order valence-corrected chi connectivity index (χ2v) is 6.91. The van der Waals surface area contributed by atoms with Crippen molar-refractivity contribution in [2.75, 3.05) is 44.7 Å². The summed E-state index contributed by atoms with van der Waals surface area (Å²) >= 11 is 0. The normalized spacial score (nSPS) is 15.9. The van der Waals surface area contributed by atoms with Gasteiger partial charge in [-0.3, -0.25) is 9.79 Å². The van der Waals surface area contributed by atoms with E-state index in [-0.39, 0.29) is 18.5 Å². The Bertz CT molecular complexity index is 770. The molecule has 148 valence electrons. The third-order valence-electron chi connectivity index (χ3n) is 5.04. The van der Waals surface area contributed by atoms with Crippen LogP contribution in [0.25, 0.3) is 0 Å². The number of anilines is 1. The van der Waals surface area contributed by atoms with E-state index >= 15 is 0 Å². The molecule has 0 spiro atoms. The maximum absolute atomic E-state index is 12.6. The number of guanidine groups is 1. The second kappa shape index (κ2) is 9.78. The molecule has 0 saturated carbocycles. The fourth-order valence-electron chi connectivity index (χ4n) is 3.35. The highest BCUT2D eigenvalue weighted by Gasteiger charge is 2.21. The lowest BCUT2D eigenvalue weighted by Crippen LogP contribution is -2.52. The van der Waals surface area contributed by atoms with Gasteiger partial charge in [-0.1, -0.05) is 48.5 Å². The zero-order chi connectivity index (χ0) is 19.8. The number of hydrogen-bond donors (Lipinski definition) is 2. The zero-order valence-electron chi connectivity index (χ0n) is 16.6. The molecule has 6 nitrogen and oxygen atoms in total. The number of piperazine rings is 1. The summed E-state index contributed by atoms with van der Waals surface area (Å²) < 4.78 is 0. The number of hydrogen-bond acceptors (Lipinski definition) is 3. The van der Waals surface area contributed by atoms with Gasteiger partial charge in [0.05, 0.1) is 12.6 Å².